The van der Waals surface area contributed by atoms with Crippen molar-refractivity contribution in [2.75, 3.05) is 24.2 Å². The van der Waals surface area contributed by atoms with Gasteiger partial charge in [0.15, 0.2) is 0 Å². The molecule has 0 amide bonds. The van der Waals surface area contributed by atoms with Gasteiger partial charge in [0.25, 0.3) is 0 Å². The van der Waals surface area contributed by atoms with Crippen molar-refractivity contribution >= 4 is 23.1 Å². The lowest BCUT2D eigenvalue weighted by molar-refractivity contribution is 0.0884. The minimum absolute atomic E-state index is 0.354. The molecule has 1 rings (SSSR count). The molecule has 0 bridgehead atoms. The molecule has 0 unspecified atom stereocenters. The van der Waals surface area contributed by atoms with Gasteiger partial charge >= 0.3 is 0 Å². The summed E-state index contributed by atoms with van der Waals surface area (Å²) in [6.45, 7) is 3.93. The summed E-state index contributed by atoms with van der Waals surface area (Å²) in [5.74, 6) is 0.655. The summed E-state index contributed by atoms with van der Waals surface area (Å²) in [6, 6.07) is 3.31. The number of halogens is 1. The van der Waals surface area contributed by atoms with E-state index in [-0.39, 0.29) is 0 Å². The number of rotatable bonds is 3. The van der Waals surface area contributed by atoms with Crippen molar-refractivity contribution in [3.05, 3.63) is 17.3 Å². The molecule has 5 heteroatoms. The molecule has 0 aliphatic rings. The van der Waals surface area contributed by atoms with Crippen LogP contribution in [0.2, 0.25) is 5.15 Å². The standard InChI is InChI=1S/C10H16ClN3O/c1-10(2,15)6-14(3)9-5-7(12)4-8(11)13-9/h4-5,15H,6H2,1-3H3,(H2,12,13). The van der Waals surface area contributed by atoms with Gasteiger partial charge in [-0.3, -0.25) is 0 Å². The van der Waals surface area contributed by atoms with Gasteiger partial charge in [0.1, 0.15) is 11.0 Å². The molecule has 0 fully saturated rings. The smallest absolute Gasteiger partial charge is 0.133 e. The third kappa shape index (κ3) is 3.93. The Bertz CT molecular complexity index is 329. The van der Waals surface area contributed by atoms with Crippen LogP contribution < -0.4 is 10.6 Å². The second-order valence-corrected chi connectivity index (χ2v) is 4.64. The normalized spacial score (nSPS) is 11.5. The molecule has 0 saturated carbocycles. The molecule has 3 N–H and O–H groups in total. The van der Waals surface area contributed by atoms with Crippen molar-refractivity contribution in [3.63, 3.8) is 0 Å². The predicted octanol–water partition coefficient (Wildman–Crippen LogP) is 1.52. The number of anilines is 2. The van der Waals surface area contributed by atoms with Crippen molar-refractivity contribution in [1.29, 1.82) is 0 Å². The first kappa shape index (κ1) is 12.1. The van der Waals surface area contributed by atoms with Gasteiger partial charge < -0.3 is 15.7 Å². The van der Waals surface area contributed by atoms with Crippen LogP contribution in [0.4, 0.5) is 11.5 Å². The Hall–Kier alpha value is -1.00. The van der Waals surface area contributed by atoms with Gasteiger partial charge in [-0.2, -0.15) is 0 Å². The van der Waals surface area contributed by atoms with E-state index in [1.807, 2.05) is 11.9 Å². The molecule has 0 radical (unpaired) electrons. The first-order valence-electron chi connectivity index (χ1n) is 4.64. The van der Waals surface area contributed by atoms with E-state index < -0.39 is 5.60 Å². The number of hydrogen-bond acceptors (Lipinski definition) is 4. The largest absolute Gasteiger partial charge is 0.399 e. The Morgan fingerprint density at radius 2 is 2.13 bits per heavy atom. The van der Waals surface area contributed by atoms with Crippen LogP contribution >= 0.6 is 11.6 Å². The maximum atomic E-state index is 9.65. The van der Waals surface area contributed by atoms with E-state index in [0.717, 1.165) is 0 Å². The van der Waals surface area contributed by atoms with Crippen molar-refractivity contribution in [1.82, 2.24) is 4.98 Å². The fourth-order valence-electron chi connectivity index (χ4n) is 1.36. The molecule has 0 saturated heterocycles. The van der Waals surface area contributed by atoms with E-state index in [2.05, 4.69) is 4.98 Å². The number of aromatic nitrogens is 1. The van der Waals surface area contributed by atoms with Crippen molar-refractivity contribution in [2.24, 2.45) is 0 Å². The molecule has 15 heavy (non-hydrogen) atoms. The number of nitrogens with two attached hydrogens (primary N) is 1. The minimum Gasteiger partial charge on any atom is -0.399 e. The number of pyridine rings is 1. The summed E-state index contributed by atoms with van der Waals surface area (Å²) >= 11 is 5.79. The van der Waals surface area contributed by atoms with Crippen LogP contribution in [-0.2, 0) is 0 Å². The summed E-state index contributed by atoms with van der Waals surface area (Å²) in [4.78, 5) is 5.93. The van der Waals surface area contributed by atoms with E-state index in [9.17, 15) is 5.11 Å². The SMILES string of the molecule is CN(CC(C)(C)O)c1cc(N)cc(Cl)n1. The quantitative estimate of drug-likeness (QED) is 0.772. The predicted molar refractivity (Wildman–Crippen MR) is 63.2 cm³/mol. The van der Waals surface area contributed by atoms with Crippen molar-refractivity contribution < 1.29 is 5.11 Å². The minimum atomic E-state index is -0.784. The van der Waals surface area contributed by atoms with Gasteiger partial charge in [0.05, 0.1) is 5.60 Å². The van der Waals surface area contributed by atoms with Gasteiger partial charge in [-0.15, -0.1) is 0 Å². The molecule has 0 aliphatic carbocycles. The van der Waals surface area contributed by atoms with Gasteiger partial charge in [-0.1, -0.05) is 11.6 Å². The molecule has 1 heterocycles. The average Bonchev–Trinajstić information content (AvgIpc) is 1.98. The van der Waals surface area contributed by atoms with Gasteiger partial charge in [0.2, 0.25) is 0 Å². The molecule has 1 aromatic heterocycles. The molecule has 0 atom stereocenters. The maximum absolute atomic E-state index is 9.65. The number of nitrogens with zero attached hydrogens (tertiary/aromatic N) is 2. The van der Waals surface area contributed by atoms with E-state index >= 15 is 0 Å². The highest BCUT2D eigenvalue weighted by atomic mass is 35.5. The van der Waals surface area contributed by atoms with Gasteiger partial charge in [-0.25, -0.2) is 4.98 Å². The summed E-state index contributed by atoms with van der Waals surface area (Å²) in [5.41, 5.74) is 5.43. The fraction of sp³-hybridized carbons (Fsp3) is 0.500. The Kier molecular flexibility index (Phi) is 3.42. The Morgan fingerprint density at radius 1 is 1.53 bits per heavy atom. The van der Waals surface area contributed by atoms with E-state index in [1.54, 1.807) is 26.0 Å². The number of likely N-dealkylation sites (N-methyl/N-ethyl adjacent to an activating group) is 1. The molecule has 1 aromatic rings. The van der Waals surface area contributed by atoms with Crippen LogP contribution in [0.25, 0.3) is 0 Å². The first-order chi connectivity index (χ1) is 6.78. The summed E-state index contributed by atoms with van der Waals surface area (Å²) in [7, 11) is 1.83. The Balaban J connectivity index is 2.86. The fourth-order valence-corrected chi connectivity index (χ4v) is 1.57. The van der Waals surface area contributed by atoms with E-state index in [0.29, 0.717) is 23.2 Å². The zero-order valence-corrected chi connectivity index (χ0v) is 9.91. The van der Waals surface area contributed by atoms with Crippen LogP contribution in [-0.4, -0.2) is 29.3 Å². The van der Waals surface area contributed by atoms with Gasteiger partial charge in [0, 0.05) is 25.3 Å². The molecule has 0 spiro atoms. The Morgan fingerprint density at radius 3 is 2.60 bits per heavy atom. The molecule has 84 valence electrons. The summed E-state index contributed by atoms with van der Waals surface area (Å²) < 4.78 is 0. The number of hydrogen-bond donors (Lipinski definition) is 2. The first-order valence-corrected chi connectivity index (χ1v) is 5.02. The highest BCUT2D eigenvalue weighted by Gasteiger charge is 2.17. The lowest BCUT2D eigenvalue weighted by atomic mass is 10.1. The molecule has 0 aliphatic heterocycles. The molecular formula is C10H16ClN3O. The lowest BCUT2D eigenvalue weighted by Gasteiger charge is -2.26. The number of aliphatic hydroxyl groups is 1. The Labute approximate surface area is 94.7 Å². The third-order valence-corrected chi connectivity index (χ3v) is 2.01. The lowest BCUT2D eigenvalue weighted by Crippen LogP contribution is -2.36. The maximum Gasteiger partial charge on any atom is 0.133 e. The molecule has 4 nitrogen and oxygen atoms in total. The highest BCUT2D eigenvalue weighted by Crippen LogP contribution is 2.19. The summed E-state index contributed by atoms with van der Waals surface area (Å²) in [5, 5.41) is 10.0. The van der Waals surface area contributed by atoms with E-state index in [4.69, 9.17) is 17.3 Å². The van der Waals surface area contributed by atoms with Crippen molar-refractivity contribution in [3.8, 4) is 0 Å². The zero-order valence-electron chi connectivity index (χ0n) is 9.16. The summed E-state index contributed by atoms with van der Waals surface area (Å²) in [6.07, 6.45) is 0. The van der Waals surface area contributed by atoms with E-state index in [1.165, 1.54) is 0 Å². The zero-order chi connectivity index (χ0) is 11.6. The van der Waals surface area contributed by atoms with Crippen LogP contribution in [0.1, 0.15) is 13.8 Å². The van der Waals surface area contributed by atoms with Crippen LogP contribution in [0.3, 0.4) is 0 Å². The second-order valence-electron chi connectivity index (χ2n) is 4.25. The third-order valence-electron chi connectivity index (χ3n) is 1.82. The monoisotopic (exact) mass is 229 g/mol. The highest BCUT2D eigenvalue weighted by molar-refractivity contribution is 6.29. The topological polar surface area (TPSA) is 62.4 Å². The molecular weight excluding hydrogens is 214 g/mol. The van der Waals surface area contributed by atoms with Crippen LogP contribution in [0.15, 0.2) is 12.1 Å². The average molecular weight is 230 g/mol. The van der Waals surface area contributed by atoms with Crippen LogP contribution in [0.5, 0.6) is 0 Å². The van der Waals surface area contributed by atoms with Crippen molar-refractivity contribution in [2.45, 2.75) is 19.4 Å². The molecule has 0 aromatic carbocycles. The van der Waals surface area contributed by atoms with Gasteiger partial charge in [-0.05, 0) is 19.9 Å². The van der Waals surface area contributed by atoms with Crippen LogP contribution in [0, 0.1) is 0 Å². The number of nitrogen functional groups attached to an aromatic ring is 1. The second kappa shape index (κ2) is 4.24.